The quantitative estimate of drug-likeness (QED) is 0.665. The molecule has 0 N–H and O–H groups in total. The maximum Gasteiger partial charge on any atom is 0.266 e. The van der Waals surface area contributed by atoms with Gasteiger partial charge in [-0.05, 0) is 12.5 Å². The molecule has 0 saturated carbocycles. The van der Waals surface area contributed by atoms with E-state index >= 15 is 0 Å². The summed E-state index contributed by atoms with van der Waals surface area (Å²) in [5.74, 6) is -0.298. The Hall–Kier alpha value is -0.930. The number of carbonyl (C=O) groups is 1. The predicted octanol–water partition coefficient (Wildman–Crippen LogP) is 2.03. The molecule has 1 amide bonds. The molecule has 0 radical (unpaired) electrons. The van der Waals surface area contributed by atoms with Crippen LogP contribution in [0, 0.1) is 5.92 Å². The average Bonchev–Trinajstić information content (AvgIpc) is 2.31. The van der Waals surface area contributed by atoms with Crippen LogP contribution >= 0.6 is 0 Å². The van der Waals surface area contributed by atoms with E-state index in [1.165, 1.54) is 0 Å². The van der Waals surface area contributed by atoms with Crippen LogP contribution in [0.5, 0.6) is 0 Å². The van der Waals surface area contributed by atoms with Crippen LogP contribution in [-0.4, -0.2) is 23.9 Å². The van der Waals surface area contributed by atoms with Crippen molar-refractivity contribution in [2.75, 3.05) is 13.1 Å². The van der Waals surface area contributed by atoms with E-state index in [9.17, 15) is 13.6 Å². The highest BCUT2D eigenvalue weighted by Gasteiger charge is 2.27. The van der Waals surface area contributed by atoms with Crippen molar-refractivity contribution in [3.63, 3.8) is 0 Å². The normalized spacial score (nSPS) is 22.2. The van der Waals surface area contributed by atoms with Crippen LogP contribution in [0.3, 0.4) is 0 Å². The first-order valence-electron chi connectivity index (χ1n) is 4.44. The molecule has 1 heterocycles. The summed E-state index contributed by atoms with van der Waals surface area (Å²) in [6.45, 7) is 3.09. The molecule has 0 unspecified atom stereocenters. The van der Waals surface area contributed by atoms with E-state index in [4.69, 9.17) is 0 Å². The number of hydrogen-bond acceptors (Lipinski definition) is 1. The van der Waals surface area contributed by atoms with Gasteiger partial charge < -0.3 is 4.90 Å². The largest absolute Gasteiger partial charge is 0.342 e. The monoisotopic (exact) mass is 189 g/mol. The topological polar surface area (TPSA) is 20.3 Å². The fourth-order valence-electron chi connectivity index (χ4n) is 1.58. The standard InChI is InChI=1S/C9H13F2NO/c1-2-3-12-6-7(4-8(10)11)5-9(12)13/h4,7H,2-3,5-6H2,1H3/t7-/m1/s1. The molecule has 2 nitrogen and oxygen atoms in total. The van der Waals surface area contributed by atoms with E-state index in [-0.39, 0.29) is 18.2 Å². The van der Waals surface area contributed by atoms with Crippen LogP contribution in [0.1, 0.15) is 19.8 Å². The zero-order valence-electron chi connectivity index (χ0n) is 7.59. The minimum Gasteiger partial charge on any atom is -0.342 e. The highest BCUT2D eigenvalue weighted by atomic mass is 19.3. The summed E-state index contributed by atoms with van der Waals surface area (Å²) in [7, 11) is 0. The molecule has 4 heteroatoms. The van der Waals surface area contributed by atoms with Crippen LogP contribution in [-0.2, 0) is 4.79 Å². The van der Waals surface area contributed by atoms with Crippen LogP contribution in [0.15, 0.2) is 12.2 Å². The van der Waals surface area contributed by atoms with Gasteiger partial charge in [0.2, 0.25) is 5.91 Å². The van der Waals surface area contributed by atoms with Crippen molar-refractivity contribution in [2.24, 2.45) is 5.92 Å². The van der Waals surface area contributed by atoms with Crippen LogP contribution < -0.4 is 0 Å². The van der Waals surface area contributed by atoms with E-state index in [1.807, 2.05) is 6.92 Å². The van der Waals surface area contributed by atoms with Crippen molar-refractivity contribution in [3.05, 3.63) is 12.2 Å². The first-order valence-corrected chi connectivity index (χ1v) is 4.44. The summed E-state index contributed by atoms with van der Waals surface area (Å²) in [5.41, 5.74) is 0. The summed E-state index contributed by atoms with van der Waals surface area (Å²) in [4.78, 5) is 12.9. The first-order chi connectivity index (χ1) is 6.13. The molecule has 1 atom stereocenters. The van der Waals surface area contributed by atoms with Crippen LogP contribution in [0.25, 0.3) is 0 Å². The molecular weight excluding hydrogens is 176 g/mol. The van der Waals surface area contributed by atoms with Crippen LogP contribution in [0.4, 0.5) is 8.78 Å². The molecule has 13 heavy (non-hydrogen) atoms. The van der Waals surface area contributed by atoms with E-state index in [1.54, 1.807) is 4.90 Å². The van der Waals surface area contributed by atoms with Gasteiger partial charge in [0.15, 0.2) is 0 Å². The molecule has 1 aliphatic rings. The highest BCUT2D eigenvalue weighted by Crippen LogP contribution is 2.20. The average molecular weight is 189 g/mol. The second-order valence-electron chi connectivity index (χ2n) is 3.26. The third-order valence-corrected chi connectivity index (χ3v) is 2.10. The number of carbonyl (C=O) groups excluding carboxylic acids is 1. The Morgan fingerprint density at radius 3 is 2.92 bits per heavy atom. The summed E-state index contributed by atoms with van der Waals surface area (Å²) < 4.78 is 23.7. The molecule has 1 fully saturated rings. The van der Waals surface area contributed by atoms with Crippen molar-refractivity contribution >= 4 is 5.91 Å². The number of likely N-dealkylation sites (tertiary alicyclic amines) is 1. The number of halogens is 2. The van der Waals surface area contributed by atoms with E-state index in [2.05, 4.69) is 0 Å². The van der Waals surface area contributed by atoms with Crippen molar-refractivity contribution in [2.45, 2.75) is 19.8 Å². The molecule has 0 spiro atoms. The number of rotatable bonds is 3. The Morgan fingerprint density at radius 2 is 2.38 bits per heavy atom. The lowest BCUT2D eigenvalue weighted by Gasteiger charge is -2.13. The number of hydrogen-bond donors (Lipinski definition) is 0. The van der Waals surface area contributed by atoms with Gasteiger partial charge in [-0.2, -0.15) is 8.78 Å². The molecule has 74 valence electrons. The van der Waals surface area contributed by atoms with E-state index in [0.29, 0.717) is 13.1 Å². The molecule has 0 aromatic heterocycles. The fraction of sp³-hybridized carbons (Fsp3) is 0.667. The number of amides is 1. The zero-order valence-corrected chi connectivity index (χ0v) is 7.59. The Balaban J connectivity index is 2.50. The third kappa shape index (κ3) is 2.79. The summed E-state index contributed by atoms with van der Waals surface area (Å²) in [6.07, 6.45) is 0.307. The molecular formula is C9H13F2NO. The minimum atomic E-state index is -1.68. The highest BCUT2D eigenvalue weighted by molar-refractivity contribution is 5.78. The fourth-order valence-corrected chi connectivity index (χ4v) is 1.58. The molecule has 0 aromatic rings. The second-order valence-corrected chi connectivity index (χ2v) is 3.26. The smallest absolute Gasteiger partial charge is 0.266 e. The van der Waals surface area contributed by atoms with Gasteiger partial charge in [-0.15, -0.1) is 0 Å². The molecule has 0 bridgehead atoms. The van der Waals surface area contributed by atoms with Gasteiger partial charge in [-0.3, -0.25) is 4.79 Å². The van der Waals surface area contributed by atoms with Crippen molar-refractivity contribution < 1.29 is 13.6 Å². The Kier molecular flexibility index (Phi) is 3.39. The lowest BCUT2D eigenvalue weighted by molar-refractivity contribution is -0.127. The van der Waals surface area contributed by atoms with Gasteiger partial charge in [-0.25, -0.2) is 0 Å². The molecule has 1 aliphatic heterocycles. The Labute approximate surface area is 76.2 Å². The second kappa shape index (κ2) is 4.35. The molecule has 0 aliphatic carbocycles. The predicted molar refractivity (Wildman–Crippen MR) is 45.3 cm³/mol. The lowest BCUT2D eigenvalue weighted by Crippen LogP contribution is -2.25. The van der Waals surface area contributed by atoms with Gasteiger partial charge in [0.25, 0.3) is 6.08 Å². The number of nitrogens with zero attached hydrogens (tertiary/aromatic N) is 1. The Morgan fingerprint density at radius 1 is 1.69 bits per heavy atom. The maximum absolute atomic E-state index is 11.9. The summed E-state index contributed by atoms with van der Waals surface area (Å²) in [6, 6.07) is 0. The molecule has 1 rings (SSSR count). The van der Waals surface area contributed by atoms with Gasteiger partial charge in [-0.1, -0.05) is 6.92 Å². The third-order valence-electron chi connectivity index (χ3n) is 2.10. The van der Waals surface area contributed by atoms with E-state index in [0.717, 1.165) is 12.5 Å². The van der Waals surface area contributed by atoms with Crippen molar-refractivity contribution in [1.29, 1.82) is 0 Å². The van der Waals surface area contributed by atoms with Gasteiger partial charge in [0.05, 0.1) is 0 Å². The van der Waals surface area contributed by atoms with Gasteiger partial charge >= 0.3 is 0 Å². The maximum atomic E-state index is 11.9. The SMILES string of the molecule is CCCN1C[C@H](C=C(F)F)CC1=O. The van der Waals surface area contributed by atoms with Crippen molar-refractivity contribution in [3.8, 4) is 0 Å². The van der Waals surface area contributed by atoms with E-state index < -0.39 is 6.08 Å². The molecule has 0 aromatic carbocycles. The summed E-state index contributed by atoms with van der Waals surface area (Å²) >= 11 is 0. The van der Waals surface area contributed by atoms with Crippen molar-refractivity contribution in [1.82, 2.24) is 4.90 Å². The Bertz CT molecular complexity index is 224. The lowest BCUT2D eigenvalue weighted by atomic mass is 10.1. The molecule has 1 saturated heterocycles. The van der Waals surface area contributed by atoms with Gasteiger partial charge in [0.1, 0.15) is 0 Å². The van der Waals surface area contributed by atoms with Gasteiger partial charge in [0, 0.05) is 25.4 Å². The zero-order chi connectivity index (χ0) is 9.84. The van der Waals surface area contributed by atoms with Crippen LogP contribution in [0.2, 0.25) is 0 Å². The first kappa shape index (κ1) is 10.2. The summed E-state index contributed by atoms with van der Waals surface area (Å²) in [5, 5.41) is 0. The minimum absolute atomic E-state index is 0.00986.